The molecule has 124 valence electrons. The Balaban J connectivity index is 2.04. The van der Waals surface area contributed by atoms with E-state index in [-0.39, 0.29) is 17.0 Å². The molecule has 2 aromatic rings. The van der Waals surface area contributed by atoms with Crippen LogP contribution in [0.2, 0.25) is 0 Å². The van der Waals surface area contributed by atoms with Gasteiger partial charge in [0.25, 0.3) is 5.69 Å². The number of aryl methyl sites for hydroxylation is 1. The molecular formula is C18H17NO5. The Bertz CT molecular complexity index is 750. The highest BCUT2D eigenvalue weighted by atomic mass is 16.6. The van der Waals surface area contributed by atoms with Crippen LogP contribution in [0.3, 0.4) is 0 Å². The molecule has 0 aromatic heterocycles. The van der Waals surface area contributed by atoms with Crippen LogP contribution < -0.4 is 0 Å². The molecule has 0 N–H and O–H groups in total. The fourth-order valence-corrected chi connectivity index (χ4v) is 2.14. The molecule has 0 saturated carbocycles. The monoisotopic (exact) mass is 327 g/mol. The Morgan fingerprint density at radius 2 is 1.58 bits per heavy atom. The molecular weight excluding hydrogens is 310 g/mol. The third-order valence-corrected chi connectivity index (χ3v) is 3.61. The smallest absolute Gasteiger partial charge is 0.338 e. The topological polar surface area (TPSA) is 86.5 Å². The number of hydrogen-bond donors (Lipinski definition) is 0. The van der Waals surface area contributed by atoms with E-state index in [2.05, 4.69) is 0 Å². The van der Waals surface area contributed by atoms with E-state index in [1.807, 2.05) is 19.1 Å². The van der Waals surface area contributed by atoms with Crippen molar-refractivity contribution < 1.29 is 19.2 Å². The van der Waals surface area contributed by atoms with Gasteiger partial charge in [0, 0.05) is 17.7 Å². The molecule has 0 aliphatic carbocycles. The Morgan fingerprint density at radius 3 is 2.08 bits per heavy atom. The molecule has 2 aromatic carbocycles. The Kier molecular flexibility index (Phi) is 5.42. The van der Waals surface area contributed by atoms with E-state index in [9.17, 15) is 19.7 Å². The second-order valence-corrected chi connectivity index (χ2v) is 5.27. The van der Waals surface area contributed by atoms with Gasteiger partial charge in [0.2, 0.25) is 5.78 Å². The maximum Gasteiger partial charge on any atom is 0.338 e. The number of hydrogen-bond acceptors (Lipinski definition) is 5. The lowest BCUT2D eigenvalue weighted by atomic mass is 10.0. The molecule has 2 rings (SSSR count). The van der Waals surface area contributed by atoms with Crippen molar-refractivity contribution in [3.05, 3.63) is 75.3 Å². The third-order valence-electron chi connectivity index (χ3n) is 3.61. The van der Waals surface area contributed by atoms with E-state index in [0.29, 0.717) is 5.56 Å². The molecule has 0 aliphatic heterocycles. The van der Waals surface area contributed by atoms with Crippen molar-refractivity contribution in [2.75, 3.05) is 0 Å². The van der Waals surface area contributed by atoms with Crippen LogP contribution in [0.5, 0.6) is 0 Å². The molecule has 0 fully saturated rings. The minimum atomic E-state index is -0.944. The van der Waals surface area contributed by atoms with Crippen LogP contribution in [-0.4, -0.2) is 22.8 Å². The number of ether oxygens (including phenoxy) is 1. The molecule has 0 heterocycles. The quantitative estimate of drug-likeness (QED) is 0.350. The van der Waals surface area contributed by atoms with E-state index < -0.39 is 17.0 Å². The number of Topliss-reactive ketones (excluding diaryl/α,β-unsaturated/α-hetero) is 1. The van der Waals surface area contributed by atoms with Crippen molar-refractivity contribution in [1.82, 2.24) is 0 Å². The standard InChI is InChI=1S/C18H17NO5/c1-3-13-4-6-14(7-5-13)17(20)12(2)24-18(21)15-8-10-16(11-9-15)19(22)23/h4-12H,3H2,1-2H3/t12-/m0/s1. The van der Waals surface area contributed by atoms with Crippen LogP contribution in [0.15, 0.2) is 48.5 Å². The summed E-state index contributed by atoms with van der Waals surface area (Å²) < 4.78 is 5.15. The van der Waals surface area contributed by atoms with Gasteiger partial charge in [0.05, 0.1) is 10.5 Å². The lowest BCUT2D eigenvalue weighted by Crippen LogP contribution is -2.24. The summed E-state index contributed by atoms with van der Waals surface area (Å²) in [5.41, 5.74) is 1.62. The first kappa shape index (κ1) is 17.3. The number of benzene rings is 2. The van der Waals surface area contributed by atoms with E-state index in [1.54, 1.807) is 12.1 Å². The molecule has 0 bridgehead atoms. The summed E-state index contributed by atoms with van der Waals surface area (Å²) >= 11 is 0. The Morgan fingerprint density at radius 1 is 1.04 bits per heavy atom. The van der Waals surface area contributed by atoms with Gasteiger partial charge in [-0.1, -0.05) is 31.2 Å². The van der Waals surface area contributed by atoms with Gasteiger partial charge in [0.1, 0.15) is 0 Å². The predicted molar refractivity (Wildman–Crippen MR) is 88.1 cm³/mol. The van der Waals surface area contributed by atoms with Crippen molar-refractivity contribution in [2.24, 2.45) is 0 Å². The molecule has 6 heteroatoms. The summed E-state index contributed by atoms with van der Waals surface area (Å²) in [6.07, 6.45) is -0.0701. The third kappa shape index (κ3) is 4.04. The first-order chi connectivity index (χ1) is 11.4. The number of nitro groups is 1. The normalized spacial score (nSPS) is 11.6. The van der Waals surface area contributed by atoms with E-state index >= 15 is 0 Å². The lowest BCUT2D eigenvalue weighted by molar-refractivity contribution is -0.384. The summed E-state index contributed by atoms with van der Waals surface area (Å²) in [5.74, 6) is -0.996. The zero-order valence-electron chi connectivity index (χ0n) is 13.4. The molecule has 0 unspecified atom stereocenters. The Hall–Kier alpha value is -3.02. The van der Waals surface area contributed by atoms with Crippen LogP contribution in [-0.2, 0) is 11.2 Å². The summed E-state index contributed by atoms with van der Waals surface area (Å²) in [6, 6.07) is 12.2. The summed E-state index contributed by atoms with van der Waals surface area (Å²) in [5, 5.41) is 10.6. The first-order valence-corrected chi connectivity index (χ1v) is 7.51. The summed E-state index contributed by atoms with van der Waals surface area (Å²) in [6.45, 7) is 3.52. The predicted octanol–water partition coefficient (Wildman–Crippen LogP) is 3.59. The molecule has 0 aliphatic rings. The fourth-order valence-electron chi connectivity index (χ4n) is 2.14. The molecule has 0 saturated heterocycles. The van der Waals surface area contributed by atoms with Gasteiger partial charge < -0.3 is 4.74 Å². The van der Waals surface area contributed by atoms with Gasteiger partial charge in [-0.15, -0.1) is 0 Å². The number of carbonyl (C=O) groups is 2. The van der Waals surface area contributed by atoms with Crippen LogP contribution >= 0.6 is 0 Å². The van der Waals surface area contributed by atoms with Gasteiger partial charge in [-0.3, -0.25) is 14.9 Å². The zero-order valence-corrected chi connectivity index (χ0v) is 13.4. The number of esters is 1. The second-order valence-electron chi connectivity index (χ2n) is 5.27. The Labute approximate surface area is 139 Å². The van der Waals surface area contributed by atoms with Crippen LogP contribution in [0.25, 0.3) is 0 Å². The molecule has 0 spiro atoms. The number of rotatable bonds is 6. The average Bonchev–Trinajstić information content (AvgIpc) is 2.61. The molecule has 0 radical (unpaired) electrons. The van der Waals surface area contributed by atoms with Crippen molar-refractivity contribution in [3.63, 3.8) is 0 Å². The first-order valence-electron chi connectivity index (χ1n) is 7.51. The van der Waals surface area contributed by atoms with Crippen molar-refractivity contribution >= 4 is 17.4 Å². The minimum Gasteiger partial charge on any atom is -0.451 e. The molecule has 1 atom stereocenters. The number of non-ortho nitro benzene ring substituents is 1. The second kappa shape index (κ2) is 7.50. The van der Waals surface area contributed by atoms with Crippen molar-refractivity contribution in [2.45, 2.75) is 26.4 Å². The lowest BCUT2D eigenvalue weighted by Gasteiger charge is -2.12. The van der Waals surface area contributed by atoms with E-state index in [0.717, 1.165) is 12.0 Å². The maximum absolute atomic E-state index is 12.3. The average molecular weight is 327 g/mol. The van der Waals surface area contributed by atoms with Crippen LogP contribution in [0.4, 0.5) is 5.69 Å². The minimum absolute atomic E-state index is 0.119. The van der Waals surface area contributed by atoms with E-state index in [1.165, 1.54) is 31.2 Å². The van der Waals surface area contributed by atoms with Gasteiger partial charge in [-0.25, -0.2) is 4.79 Å². The zero-order chi connectivity index (χ0) is 17.7. The number of carbonyl (C=O) groups excluding carboxylic acids is 2. The number of nitro benzene ring substituents is 1. The van der Waals surface area contributed by atoms with Gasteiger partial charge in [-0.05, 0) is 31.0 Å². The molecule has 0 amide bonds. The number of nitrogens with zero attached hydrogens (tertiary/aromatic N) is 1. The molecule has 24 heavy (non-hydrogen) atoms. The summed E-state index contributed by atoms with van der Waals surface area (Å²) in [4.78, 5) is 34.4. The van der Waals surface area contributed by atoms with Crippen LogP contribution in [0.1, 0.15) is 40.1 Å². The van der Waals surface area contributed by atoms with Gasteiger partial charge >= 0.3 is 5.97 Å². The maximum atomic E-state index is 12.3. The fraction of sp³-hybridized carbons (Fsp3) is 0.222. The van der Waals surface area contributed by atoms with Gasteiger partial charge in [0.15, 0.2) is 6.10 Å². The summed E-state index contributed by atoms with van der Waals surface area (Å²) in [7, 11) is 0. The van der Waals surface area contributed by atoms with Crippen molar-refractivity contribution in [3.8, 4) is 0 Å². The molecule has 6 nitrogen and oxygen atoms in total. The van der Waals surface area contributed by atoms with Crippen molar-refractivity contribution in [1.29, 1.82) is 0 Å². The highest BCUT2D eigenvalue weighted by Gasteiger charge is 2.20. The SMILES string of the molecule is CCc1ccc(C(=O)[C@H](C)OC(=O)c2ccc([N+](=O)[O-])cc2)cc1. The number of ketones is 1. The largest absolute Gasteiger partial charge is 0.451 e. The highest BCUT2D eigenvalue weighted by molar-refractivity contribution is 6.01. The van der Waals surface area contributed by atoms with Gasteiger partial charge in [-0.2, -0.15) is 0 Å². The van der Waals surface area contributed by atoms with Crippen LogP contribution in [0, 0.1) is 10.1 Å². The highest BCUT2D eigenvalue weighted by Crippen LogP contribution is 2.15. The van der Waals surface area contributed by atoms with E-state index in [4.69, 9.17) is 4.74 Å².